The number of aromatic nitrogens is 1. The Morgan fingerprint density at radius 3 is 3.00 bits per heavy atom. The van der Waals surface area contributed by atoms with Crippen LogP contribution in [0, 0.1) is 0 Å². The summed E-state index contributed by atoms with van der Waals surface area (Å²) in [5.41, 5.74) is 3.55. The number of hydrogen-bond donors (Lipinski definition) is 2. The Morgan fingerprint density at radius 2 is 2.00 bits per heavy atom. The van der Waals surface area contributed by atoms with Crippen LogP contribution >= 0.6 is 0 Å². The summed E-state index contributed by atoms with van der Waals surface area (Å²) in [5, 5.41) is 4.49. The molecule has 1 aromatic carbocycles. The van der Waals surface area contributed by atoms with Crippen molar-refractivity contribution < 1.29 is 0 Å². The highest BCUT2D eigenvalue weighted by molar-refractivity contribution is 5.94. The second kappa shape index (κ2) is 2.77. The van der Waals surface area contributed by atoms with E-state index in [1.807, 2.05) is 24.5 Å². The molecule has 0 radical (unpaired) electrons. The van der Waals surface area contributed by atoms with Gasteiger partial charge in [-0.15, -0.1) is 0 Å². The first-order valence-corrected chi connectivity index (χ1v) is 4.65. The van der Waals surface area contributed by atoms with Crippen LogP contribution in [0.3, 0.4) is 0 Å². The smallest absolute Gasteiger partial charge is 0.0548 e. The molecule has 0 saturated carbocycles. The van der Waals surface area contributed by atoms with E-state index in [2.05, 4.69) is 34.6 Å². The molecular formula is C12H10N2. The van der Waals surface area contributed by atoms with Gasteiger partial charge in [0.1, 0.15) is 0 Å². The van der Waals surface area contributed by atoms with Crippen molar-refractivity contribution in [1.29, 1.82) is 0 Å². The van der Waals surface area contributed by atoms with E-state index in [1.165, 1.54) is 16.5 Å². The lowest BCUT2D eigenvalue weighted by atomic mass is 10.1. The second-order valence-electron chi connectivity index (χ2n) is 3.33. The van der Waals surface area contributed by atoms with Gasteiger partial charge in [0.2, 0.25) is 0 Å². The van der Waals surface area contributed by atoms with Gasteiger partial charge in [0, 0.05) is 29.0 Å². The van der Waals surface area contributed by atoms with E-state index in [9.17, 15) is 0 Å². The molecule has 0 bridgehead atoms. The maximum Gasteiger partial charge on any atom is 0.0548 e. The highest BCUT2D eigenvalue weighted by Crippen LogP contribution is 2.27. The zero-order valence-corrected chi connectivity index (χ0v) is 7.62. The summed E-state index contributed by atoms with van der Waals surface area (Å²) in [6.07, 6.45) is 10.1. The van der Waals surface area contributed by atoms with Gasteiger partial charge in [-0.3, -0.25) is 0 Å². The normalized spacial score (nSPS) is 13.7. The van der Waals surface area contributed by atoms with Gasteiger partial charge in [-0.1, -0.05) is 18.2 Å². The summed E-state index contributed by atoms with van der Waals surface area (Å²) in [4.78, 5) is 3.26. The summed E-state index contributed by atoms with van der Waals surface area (Å²) >= 11 is 0. The summed E-state index contributed by atoms with van der Waals surface area (Å²) in [6, 6.07) is 6.30. The van der Waals surface area contributed by atoms with Crippen LogP contribution in [-0.2, 0) is 0 Å². The first-order valence-electron chi connectivity index (χ1n) is 4.65. The number of rotatable bonds is 0. The number of anilines is 1. The van der Waals surface area contributed by atoms with Crippen LogP contribution in [0.4, 0.5) is 5.69 Å². The highest BCUT2D eigenvalue weighted by Gasteiger charge is 2.05. The maximum absolute atomic E-state index is 3.26. The maximum atomic E-state index is 3.26. The molecule has 0 atom stereocenters. The van der Waals surface area contributed by atoms with Crippen molar-refractivity contribution in [2.24, 2.45) is 0 Å². The Kier molecular flexibility index (Phi) is 1.47. The van der Waals surface area contributed by atoms with Gasteiger partial charge in [0.05, 0.1) is 5.52 Å². The molecule has 14 heavy (non-hydrogen) atoms. The minimum atomic E-state index is 1.14. The quantitative estimate of drug-likeness (QED) is 0.643. The summed E-state index contributed by atoms with van der Waals surface area (Å²) < 4.78 is 0. The summed E-state index contributed by atoms with van der Waals surface area (Å²) in [7, 11) is 0. The van der Waals surface area contributed by atoms with Crippen LogP contribution < -0.4 is 5.32 Å². The number of aromatic amines is 1. The molecule has 2 heterocycles. The average molecular weight is 182 g/mol. The molecule has 68 valence electrons. The molecule has 1 aromatic heterocycles. The van der Waals surface area contributed by atoms with Crippen LogP contribution in [0.15, 0.2) is 42.7 Å². The van der Waals surface area contributed by atoms with Crippen LogP contribution in [-0.4, -0.2) is 4.98 Å². The van der Waals surface area contributed by atoms with Crippen LogP contribution in [0.2, 0.25) is 0 Å². The molecule has 0 fully saturated rings. The van der Waals surface area contributed by atoms with E-state index < -0.39 is 0 Å². The first-order chi connectivity index (χ1) is 6.95. The van der Waals surface area contributed by atoms with Gasteiger partial charge in [-0.2, -0.15) is 0 Å². The molecule has 2 nitrogen and oxygen atoms in total. The Balaban J connectivity index is 2.38. The number of hydrogen-bond acceptors (Lipinski definition) is 1. The van der Waals surface area contributed by atoms with Crippen molar-refractivity contribution in [2.75, 3.05) is 5.32 Å². The SMILES string of the molecule is C1=CNc2ccc3cc[nH]c3c2C=C1. The Labute approximate surface area is 81.9 Å². The second-order valence-corrected chi connectivity index (χ2v) is 3.33. The van der Waals surface area contributed by atoms with Crippen molar-refractivity contribution in [3.05, 3.63) is 48.3 Å². The third-order valence-corrected chi connectivity index (χ3v) is 2.48. The van der Waals surface area contributed by atoms with Crippen LogP contribution in [0.5, 0.6) is 0 Å². The lowest BCUT2D eigenvalue weighted by molar-refractivity contribution is 1.46. The molecule has 1 aliphatic heterocycles. The number of H-pyrrole nitrogens is 1. The molecule has 3 rings (SSSR count). The number of allylic oxidation sites excluding steroid dienone is 2. The fraction of sp³-hybridized carbons (Fsp3) is 0. The lowest BCUT2D eigenvalue weighted by Crippen LogP contribution is -1.89. The Hall–Kier alpha value is -1.96. The highest BCUT2D eigenvalue weighted by atomic mass is 14.8. The van der Waals surface area contributed by atoms with Gasteiger partial charge in [0.15, 0.2) is 0 Å². The van der Waals surface area contributed by atoms with E-state index in [4.69, 9.17) is 0 Å². The molecule has 2 aromatic rings. The summed E-state index contributed by atoms with van der Waals surface area (Å²) in [6.45, 7) is 0. The molecule has 2 N–H and O–H groups in total. The van der Waals surface area contributed by atoms with Crippen LogP contribution in [0.1, 0.15) is 5.56 Å². The van der Waals surface area contributed by atoms with Crippen molar-refractivity contribution in [3.63, 3.8) is 0 Å². The number of benzene rings is 1. The molecule has 2 heteroatoms. The molecular weight excluding hydrogens is 172 g/mol. The van der Waals surface area contributed by atoms with E-state index in [0.29, 0.717) is 0 Å². The van der Waals surface area contributed by atoms with Crippen LogP contribution in [0.25, 0.3) is 17.0 Å². The molecule has 1 aliphatic rings. The summed E-state index contributed by atoms with van der Waals surface area (Å²) in [5.74, 6) is 0. The third kappa shape index (κ3) is 0.973. The molecule has 0 spiro atoms. The van der Waals surface area contributed by atoms with E-state index in [1.54, 1.807) is 0 Å². The number of fused-ring (bicyclic) bond motifs is 3. The van der Waals surface area contributed by atoms with E-state index in [-0.39, 0.29) is 0 Å². The van der Waals surface area contributed by atoms with Crippen molar-refractivity contribution in [3.8, 4) is 0 Å². The topological polar surface area (TPSA) is 27.8 Å². The average Bonchev–Trinajstić information content (AvgIpc) is 2.55. The lowest BCUT2D eigenvalue weighted by Gasteiger charge is -2.05. The van der Waals surface area contributed by atoms with Gasteiger partial charge in [-0.05, 0) is 18.2 Å². The minimum Gasteiger partial charge on any atom is -0.361 e. The minimum absolute atomic E-state index is 1.14. The van der Waals surface area contributed by atoms with Gasteiger partial charge in [-0.25, -0.2) is 0 Å². The monoisotopic (exact) mass is 182 g/mol. The van der Waals surface area contributed by atoms with E-state index >= 15 is 0 Å². The Morgan fingerprint density at radius 1 is 1.00 bits per heavy atom. The van der Waals surface area contributed by atoms with Crippen molar-refractivity contribution >= 4 is 22.7 Å². The standard InChI is InChI=1S/C12H10N2/c1-2-7-13-11-5-4-9-6-8-14-12(9)10(11)3-1/h1-8,13-14H. The predicted octanol–water partition coefficient (Wildman–Crippen LogP) is 3.12. The van der Waals surface area contributed by atoms with Crippen molar-refractivity contribution in [1.82, 2.24) is 4.98 Å². The van der Waals surface area contributed by atoms with E-state index in [0.717, 1.165) is 5.69 Å². The molecule has 0 amide bonds. The van der Waals surface area contributed by atoms with Gasteiger partial charge >= 0.3 is 0 Å². The predicted molar refractivity (Wildman–Crippen MR) is 60.1 cm³/mol. The molecule has 0 saturated heterocycles. The molecule has 0 unspecified atom stereocenters. The van der Waals surface area contributed by atoms with Gasteiger partial charge < -0.3 is 10.3 Å². The first kappa shape index (κ1) is 7.44. The number of nitrogens with one attached hydrogen (secondary N) is 2. The fourth-order valence-electron chi connectivity index (χ4n) is 1.80. The zero-order chi connectivity index (χ0) is 9.38. The fourth-order valence-corrected chi connectivity index (χ4v) is 1.80. The van der Waals surface area contributed by atoms with Gasteiger partial charge in [0.25, 0.3) is 0 Å². The third-order valence-electron chi connectivity index (χ3n) is 2.48. The Bertz CT molecular complexity index is 532. The van der Waals surface area contributed by atoms with Crippen molar-refractivity contribution in [2.45, 2.75) is 0 Å². The zero-order valence-electron chi connectivity index (χ0n) is 7.62. The molecule has 0 aliphatic carbocycles. The largest absolute Gasteiger partial charge is 0.361 e.